The number of H-pyrrole nitrogens is 1. The van der Waals surface area contributed by atoms with Gasteiger partial charge in [-0.05, 0) is 29.1 Å². The van der Waals surface area contributed by atoms with Gasteiger partial charge in [0.15, 0.2) is 0 Å². The van der Waals surface area contributed by atoms with Crippen LogP contribution in [0.5, 0.6) is 0 Å². The Balaban J connectivity index is 1.95. The highest BCUT2D eigenvalue weighted by Gasteiger charge is 2.21. The van der Waals surface area contributed by atoms with Gasteiger partial charge in [0, 0.05) is 22.5 Å². The molecule has 0 saturated heterocycles. The minimum Gasteiger partial charge on any atom is -0.382 e. The molecule has 0 aliphatic rings. The van der Waals surface area contributed by atoms with Crippen LogP contribution >= 0.6 is 11.3 Å². The van der Waals surface area contributed by atoms with Crippen LogP contribution in [0.4, 0.5) is 0 Å². The van der Waals surface area contributed by atoms with Crippen LogP contribution in [-0.2, 0) is 5.41 Å². The number of hydrogen-bond acceptors (Lipinski definition) is 3. The maximum Gasteiger partial charge on any atom is 0.122 e. The van der Waals surface area contributed by atoms with Crippen LogP contribution in [0.2, 0.25) is 0 Å². The van der Waals surface area contributed by atoms with Crippen molar-refractivity contribution in [3.63, 3.8) is 0 Å². The van der Waals surface area contributed by atoms with Crippen molar-refractivity contribution in [3.8, 4) is 0 Å². The Hall–Kier alpha value is -1.65. The van der Waals surface area contributed by atoms with E-state index in [-0.39, 0.29) is 5.41 Å². The van der Waals surface area contributed by atoms with Crippen LogP contribution in [0.25, 0.3) is 10.9 Å². The molecule has 2 N–H and O–H groups in total. The SMILES string of the molecule is CC(C)(C)c1nc(C(O)c2ccc3[nH]ccc3c2)cs1. The predicted molar refractivity (Wildman–Crippen MR) is 83.2 cm³/mol. The highest BCUT2D eigenvalue weighted by Crippen LogP contribution is 2.30. The normalized spacial score (nSPS) is 13.8. The van der Waals surface area contributed by atoms with Crippen LogP contribution in [0, 0.1) is 0 Å². The van der Waals surface area contributed by atoms with Crippen LogP contribution in [-0.4, -0.2) is 15.1 Å². The van der Waals surface area contributed by atoms with Crippen LogP contribution in [0.1, 0.15) is 43.1 Å². The average Bonchev–Trinajstić information content (AvgIpc) is 3.05. The van der Waals surface area contributed by atoms with Crippen LogP contribution in [0.3, 0.4) is 0 Å². The molecule has 4 heteroatoms. The van der Waals surface area contributed by atoms with Crippen LogP contribution < -0.4 is 0 Å². The molecule has 2 aromatic heterocycles. The fourth-order valence-corrected chi connectivity index (χ4v) is 3.09. The summed E-state index contributed by atoms with van der Waals surface area (Å²) < 4.78 is 0. The van der Waals surface area contributed by atoms with E-state index >= 15 is 0 Å². The molecule has 0 bridgehead atoms. The fraction of sp³-hybridized carbons (Fsp3) is 0.312. The smallest absolute Gasteiger partial charge is 0.122 e. The van der Waals surface area contributed by atoms with Crippen molar-refractivity contribution in [1.29, 1.82) is 0 Å². The molecule has 104 valence electrons. The molecule has 0 saturated carbocycles. The minimum absolute atomic E-state index is 0.0211. The second-order valence-corrected chi connectivity index (χ2v) is 6.91. The van der Waals surface area contributed by atoms with Gasteiger partial charge in [0.25, 0.3) is 0 Å². The molecule has 3 rings (SSSR count). The Morgan fingerprint density at radius 3 is 2.75 bits per heavy atom. The number of aromatic nitrogens is 2. The zero-order valence-electron chi connectivity index (χ0n) is 11.8. The van der Waals surface area contributed by atoms with E-state index in [1.54, 1.807) is 11.3 Å². The van der Waals surface area contributed by atoms with E-state index in [1.807, 2.05) is 35.8 Å². The number of thiazole rings is 1. The Morgan fingerprint density at radius 2 is 2.05 bits per heavy atom. The van der Waals surface area contributed by atoms with Crippen molar-refractivity contribution in [2.24, 2.45) is 0 Å². The standard InChI is InChI=1S/C16H18N2OS/c1-16(2,3)15-18-13(9-20-15)14(19)11-4-5-12-10(8-11)6-7-17-12/h4-9,14,17,19H,1-3H3. The third kappa shape index (κ3) is 2.37. The summed E-state index contributed by atoms with van der Waals surface area (Å²) in [4.78, 5) is 7.74. The second kappa shape index (κ2) is 4.72. The molecule has 0 aliphatic heterocycles. The summed E-state index contributed by atoms with van der Waals surface area (Å²) in [6, 6.07) is 7.95. The largest absolute Gasteiger partial charge is 0.382 e. The summed E-state index contributed by atoms with van der Waals surface area (Å²) in [5.41, 5.74) is 2.71. The Bertz CT molecular complexity index is 736. The fourth-order valence-electron chi connectivity index (χ4n) is 2.17. The summed E-state index contributed by atoms with van der Waals surface area (Å²) in [7, 11) is 0. The Kier molecular flexibility index (Phi) is 3.15. The van der Waals surface area contributed by atoms with Gasteiger partial charge < -0.3 is 10.1 Å². The van der Waals surface area contributed by atoms with Gasteiger partial charge in [-0.25, -0.2) is 4.98 Å². The highest BCUT2D eigenvalue weighted by atomic mass is 32.1. The van der Waals surface area contributed by atoms with Crippen molar-refractivity contribution in [2.45, 2.75) is 32.3 Å². The first-order valence-corrected chi connectivity index (χ1v) is 7.54. The maximum atomic E-state index is 10.5. The zero-order valence-corrected chi connectivity index (χ0v) is 12.7. The third-order valence-corrected chi connectivity index (χ3v) is 4.62. The van der Waals surface area contributed by atoms with E-state index < -0.39 is 6.10 Å². The molecule has 1 unspecified atom stereocenters. The number of rotatable bonds is 2. The molecule has 1 atom stereocenters. The first-order valence-electron chi connectivity index (χ1n) is 6.66. The van der Waals surface area contributed by atoms with Crippen molar-refractivity contribution in [3.05, 3.63) is 52.1 Å². The lowest BCUT2D eigenvalue weighted by molar-refractivity contribution is 0.216. The number of aliphatic hydroxyl groups excluding tert-OH is 1. The predicted octanol–water partition coefficient (Wildman–Crippen LogP) is 4.00. The lowest BCUT2D eigenvalue weighted by atomic mass is 9.98. The van der Waals surface area contributed by atoms with Crippen molar-refractivity contribution < 1.29 is 5.11 Å². The summed E-state index contributed by atoms with van der Waals surface area (Å²) >= 11 is 1.61. The summed E-state index contributed by atoms with van der Waals surface area (Å²) in [5.74, 6) is 0. The topological polar surface area (TPSA) is 48.9 Å². The number of nitrogens with one attached hydrogen (secondary N) is 1. The zero-order chi connectivity index (χ0) is 14.3. The minimum atomic E-state index is -0.665. The third-order valence-electron chi connectivity index (χ3n) is 3.34. The molecular formula is C16H18N2OS. The molecule has 20 heavy (non-hydrogen) atoms. The van der Waals surface area contributed by atoms with Crippen molar-refractivity contribution in [2.75, 3.05) is 0 Å². The molecule has 1 aromatic carbocycles. The summed E-state index contributed by atoms with van der Waals surface area (Å²) in [5, 5.41) is 14.6. The van der Waals surface area contributed by atoms with Gasteiger partial charge in [-0.15, -0.1) is 11.3 Å². The quantitative estimate of drug-likeness (QED) is 0.748. The summed E-state index contributed by atoms with van der Waals surface area (Å²) in [6.45, 7) is 6.40. The maximum absolute atomic E-state index is 10.5. The first kappa shape index (κ1) is 13.3. The molecule has 0 aliphatic carbocycles. The molecule has 0 amide bonds. The van der Waals surface area contributed by atoms with E-state index in [1.165, 1.54) is 0 Å². The monoisotopic (exact) mass is 286 g/mol. The molecular weight excluding hydrogens is 268 g/mol. The van der Waals surface area contributed by atoms with Gasteiger partial charge in [-0.3, -0.25) is 0 Å². The van der Waals surface area contributed by atoms with Gasteiger partial charge >= 0.3 is 0 Å². The van der Waals surface area contributed by atoms with E-state index in [0.29, 0.717) is 0 Å². The number of fused-ring (bicyclic) bond motifs is 1. The molecule has 0 radical (unpaired) electrons. The Morgan fingerprint density at radius 1 is 1.25 bits per heavy atom. The molecule has 0 fully saturated rings. The molecule has 3 aromatic rings. The van der Waals surface area contributed by atoms with Gasteiger partial charge in [0.1, 0.15) is 6.10 Å². The number of benzene rings is 1. The lowest BCUT2D eigenvalue weighted by Crippen LogP contribution is -2.11. The average molecular weight is 286 g/mol. The van der Waals surface area contributed by atoms with E-state index in [9.17, 15) is 5.11 Å². The van der Waals surface area contributed by atoms with E-state index in [0.717, 1.165) is 27.2 Å². The van der Waals surface area contributed by atoms with E-state index in [4.69, 9.17) is 0 Å². The first-order chi connectivity index (χ1) is 9.45. The van der Waals surface area contributed by atoms with E-state index in [2.05, 4.69) is 30.7 Å². The van der Waals surface area contributed by atoms with Gasteiger partial charge in [-0.1, -0.05) is 26.8 Å². The summed E-state index contributed by atoms with van der Waals surface area (Å²) in [6.07, 6.45) is 1.24. The number of hydrogen-bond donors (Lipinski definition) is 2. The van der Waals surface area contributed by atoms with Gasteiger partial charge in [-0.2, -0.15) is 0 Å². The number of aliphatic hydroxyl groups is 1. The second-order valence-electron chi connectivity index (χ2n) is 6.05. The van der Waals surface area contributed by atoms with Crippen LogP contribution in [0.15, 0.2) is 35.8 Å². The Labute approximate surface area is 122 Å². The molecule has 0 spiro atoms. The number of aromatic amines is 1. The molecule has 2 heterocycles. The molecule has 3 nitrogen and oxygen atoms in total. The van der Waals surface area contributed by atoms with Gasteiger partial charge in [0.2, 0.25) is 0 Å². The highest BCUT2D eigenvalue weighted by molar-refractivity contribution is 7.09. The van der Waals surface area contributed by atoms with Crippen molar-refractivity contribution >= 4 is 22.2 Å². The number of nitrogens with zero attached hydrogens (tertiary/aromatic N) is 1. The van der Waals surface area contributed by atoms with Crippen molar-refractivity contribution in [1.82, 2.24) is 9.97 Å². The lowest BCUT2D eigenvalue weighted by Gasteiger charge is -2.14. The van der Waals surface area contributed by atoms with Gasteiger partial charge in [0.05, 0.1) is 10.7 Å².